The first-order chi connectivity index (χ1) is 7.40. The minimum Gasteiger partial charge on any atom is -0.231 e. The molecule has 3 heteroatoms. The highest BCUT2D eigenvalue weighted by Crippen LogP contribution is 2.40. The van der Waals surface area contributed by atoms with Crippen molar-refractivity contribution in [3.63, 3.8) is 0 Å². The van der Waals surface area contributed by atoms with E-state index in [1.165, 1.54) is 12.8 Å². The summed E-state index contributed by atoms with van der Waals surface area (Å²) in [6, 6.07) is 1.85. The molecule has 0 unspecified atom stereocenters. The van der Waals surface area contributed by atoms with Gasteiger partial charge in [-0.05, 0) is 37.2 Å². The van der Waals surface area contributed by atoms with Crippen molar-refractivity contribution in [1.29, 1.82) is 0 Å². The molecule has 2 rings (SSSR count). The third kappa shape index (κ3) is 3.34. The molecule has 1 atom stereocenters. The Morgan fingerprint density at radius 1 is 1.47 bits per heavy atom. The lowest BCUT2D eigenvalue weighted by Crippen LogP contribution is -2.05. The second-order valence-corrected chi connectivity index (χ2v) is 4.95. The minimum absolute atomic E-state index is 0.774. The average Bonchev–Trinajstić information content (AvgIpc) is 3.09. The van der Waals surface area contributed by atoms with Crippen molar-refractivity contribution in [3.8, 4) is 0 Å². The van der Waals surface area contributed by atoms with Crippen molar-refractivity contribution in [2.45, 2.75) is 24.4 Å². The Morgan fingerprint density at radius 2 is 2.20 bits per heavy atom. The van der Waals surface area contributed by atoms with E-state index in [9.17, 15) is 0 Å². The number of nitrogens with zero attached hydrogens (tertiary/aromatic N) is 2. The lowest BCUT2D eigenvalue weighted by molar-refractivity contribution is 0.526. The summed E-state index contributed by atoms with van der Waals surface area (Å²) >= 11 is 1.77. The van der Waals surface area contributed by atoms with Crippen molar-refractivity contribution in [1.82, 2.24) is 9.97 Å². The van der Waals surface area contributed by atoms with Crippen molar-refractivity contribution < 1.29 is 0 Å². The van der Waals surface area contributed by atoms with Crippen LogP contribution in [0.15, 0.2) is 36.3 Å². The highest BCUT2D eigenvalue weighted by molar-refractivity contribution is 7.99. The summed E-state index contributed by atoms with van der Waals surface area (Å²) in [4.78, 5) is 8.43. The van der Waals surface area contributed by atoms with Crippen molar-refractivity contribution in [2.75, 3.05) is 5.75 Å². The van der Waals surface area contributed by atoms with E-state index in [2.05, 4.69) is 16.5 Å². The summed E-state index contributed by atoms with van der Waals surface area (Å²) in [5.41, 5.74) is 0. The summed E-state index contributed by atoms with van der Waals surface area (Å²) in [5, 5.41) is 0.896. The Bertz CT molecular complexity index is 309. The summed E-state index contributed by atoms with van der Waals surface area (Å²) in [6.45, 7) is 3.83. The second kappa shape index (κ2) is 5.31. The number of aromatic nitrogens is 2. The minimum atomic E-state index is 0.774. The molecule has 80 valence electrons. The number of allylic oxidation sites excluding steroid dienone is 1. The predicted octanol–water partition coefficient (Wildman–Crippen LogP) is 3.17. The number of hydrogen-bond donors (Lipinski definition) is 0. The maximum Gasteiger partial charge on any atom is 0.187 e. The van der Waals surface area contributed by atoms with E-state index in [-0.39, 0.29) is 0 Å². The smallest absolute Gasteiger partial charge is 0.187 e. The molecule has 1 aromatic rings. The number of hydrogen-bond acceptors (Lipinski definition) is 3. The molecule has 0 amide bonds. The maximum atomic E-state index is 4.22. The van der Waals surface area contributed by atoms with Gasteiger partial charge in [0, 0.05) is 18.1 Å². The SMILES string of the molecule is C=CC[C@@H](CSc1ncccn1)C1CC1. The molecule has 2 nitrogen and oxygen atoms in total. The van der Waals surface area contributed by atoms with Crippen molar-refractivity contribution in [3.05, 3.63) is 31.1 Å². The van der Waals surface area contributed by atoms with Crippen LogP contribution in [0, 0.1) is 11.8 Å². The lowest BCUT2D eigenvalue weighted by Gasteiger charge is -2.12. The van der Waals surface area contributed by atoms with Crippen molar-refractivity contribution >= 4 is 11.8 Å². The van der Waals surface area contributed by atoms with Crippen LogP contribution < -0.4 is 0 Å². The molecule has 1 aromatic heterocycles. The monoisotopic (exact) mass is 220 g/mol. The Balaban J connectivity index is 1.82. The van der Waals surface area contributed by atoms with Crippen LogP contribution in [0.4, 0.5) is 0 Å². The van der Waals surface area contributed by atoms with E-state index in [1.807, 2.05) is 12.1 Å². The molecule has 15 heavy (non-hydrogen) atoms. The van der Waals surface area contributed by atoms with E-state index in [1.54, 1.807) is 24.2 Å². The third-order valence-electron chi connectivity index (χ3n) is 2.73. The van der Waals surface area contributed by atoms with E-state index in [4.69, 9.17) is 0 Å². The molecule has 0 bridgehead atoms. The molecular formula is C12H16N2S. The van der Waals surface area contributed by atoms with Gasteiger partial charge in [-0.15, -0.1) is 6.58 Å². The zero-order valence-electron chi connectivity index (χ0n) is 8.80. The number of rotatable bonds is 6. The van der Waals surface area contributed by atoms with Crippen LogP contribution in [-0.2, 0) is 0 Å². The first-order valence-electron chi connectivity index (χ1n) is 5.41. The molecule has 1 aliphatic rings. The van der Waals surface area contributed by atoms with E-state index >= 15 is 0 Å². The van der Waals surface area contributed by atoms with Gasteiger partial charge in [0.15, 0.2) is 5.16 Å². The predicted molar refractivity (Wildman–Crippen MR) is 63.8 cm³/mol. The van der Waals surface area contributed by atoms with Crippen LogP contribution in [0.5, 0.6) is 0 Å². The lowest BCUT2D eigenvalue weighted by atomic mass is 10.0. The quantitative estimate of drug-likeness (QED) is 0.418. The van der Waals surface area contributed by atoms with Crippen molar-refractivity contribution in [2.24, 2.45) is 11.8 Å². The van der Waals surface area contributed by atoms with E-state index in [0.29, 0.717) is 0 Å². The highest BCUT2D eigenvalue weighted by Gasteiger charge is 2.30. The van der Waals surface area contributed by atoms with Gasteiger partial charge >= 0.3 is 0 Å². The summed E-state index contributed by atoms with van der Waals surface area (Å²) in [6.07, 6.45) is 9.56. The Labute approximate surface area is 95.2 Å². The molecule has 1 heterocycles. The Morgan fingerprint density at radius 3 is 2.80 bits per heavy atom. The average molecular weight is 220 g/mol. The van der Waals surface area contributed by atoms with Gasteiger partial charge < -0.3 is 0 Å². The molecule has 0 saturated heterocycles. The van der Waals surface area contributed by atoms with Gasteiger partial charge in [-0.3, -0.25) is 0 Å². The summed E-state index contributed by atoms with van der Waals surface area (Å²) in [5.74, 6) is 2.83. The molecule has 1 saturated carbocycles. The molecular weight excluding hydrogens is 204 g/mol. The third-order valence-corrected chi connectivity index (χ3v) is 3.79. The largest absolute Gasteiger partial charge is 0.231 e. The second-order valence-electron chi connectivity index (χ2n) is 3.96. The van der Waals surface area contributed by atoms with Crippen LogP contribution in [0.2, 0.25) is 0 Å². The zero-order valence-corrected chi connectivity index (χ0v) is 9.62. The first kappa shape index (κ1) is 10.7. The molecule has 0 aromatic carbocycles. The fourth-order valence-corrected chi connectivity index (χ4v) is 2.76. The molecule has 0 aliphatic heterocycles. The van der Waals surface area contributed by atoms with Gasteiger partial charge in [0.1, 0.15) is 0 Å². The zero-order chi connectivity index (χ0) is 10.5. The molecule has 1 fully saturated rings. The molecule has 1 aliphatic carbocycles. The van der Waals surface area contributed by atoms with Crippen LogP contribution in [0.25, 0.3) is 0 Å². The van der Waals surface area contributed by atoms with Gasteiger partial charge in [0.2, 0.25) is 0 Å². The fraction of sp³-hybridized carbons (Fsp3) is 0.500. The Hall–Kier alpha value is -0.830. The maximum absolute atomic E-state index is 4.22. The molecule has 0 N–H and O–H groups in total. The summed E-state index contributed by atoms with van der Waals surface area (Å²) < 4.78 is 0. The Kier molecular flexibility index (Phi) is 3.78. The van der Waals surface area contributed by atoms with Crippen LogP contribution in [0.3, 0.4) is 0 Å². The standard InChI is InChI=1S/C12H16N2S/c1-2-4-11(10-5-6-10)9-15-12-13-7-3-8-14-12/h2-3,7-8,10-11H,1,4-6,9H2/t11-/m0/s1. The van der Waals surface area contributed by atoms with Crippen LogP contribution in [0.1, 0.15) is 19.3 Å². The van der Waals surface area contributed by atoms with E-state index in [0.717, 1.165) is 29.2 Å². The van der Waals surface area contributed by atoms with Gasteiger partial charge in [0.05, 0.1) is 0 Å². The normalized spacial score (nSPS) is 17.3. The van der Waals surface area contributed by atoms with Gasteiger partial charge in [-0.25, -0.2) is 9.97 Å². The van der Waals surface area contributed by atoms with Gasteiger partial charge in [-0.2, -0.15) is 0 Å². The topological polar surface area (TPSA) is 25.8 Å². The van der Waals surface area contributed by atoms with Gasteiger partial charge in [-0.1, -0.05) is 17.8 Å². The molecule has 0 spiro atoms. The summed E-state index contributed by atoms with van der Waals surface area (Å²) in [7, 11) is 0. The van der Waals surface area contributed by atoms with Crippen LogP contribution in [-0.4, -0.2) is 15.7 Å². The van der Waals surface area contributed by atoms with Gasteiger partial charge in [0.25, 0.3) is 0 Å². The fourth-order valence-electron chi connectivity index (χ4n) is 1.72. The number of thioether (sulfide) groups is 1. The first-order valence-corrected chi connectivity index (χ1v) is 6.39. The van der Waals surface area contributed by atoms with Crippen LogP contribution >= 0.6 is 11.8 Å². The van der Waals surface area contributed by atoms with E-state index < -0.39 is 0 Å². The molecule has 0 radical (unpaired) electrons. The highest BCUT2D eigenvalue weighted by atomic mass is 32.2.